The molecule has 1 atom stereocenters. The number of carbonyl (C=O) groups is 2. The van der Waals surface area contributed by atoms with Gasteiger partial charge in [0.2, 0.25) is 0 Å². The molecule has 4 N–H and O–H groups in total. The van der Waals surface area contributed by atoms with E-state index in [-0.39, 0.29) is 12.3 Å². The van der Waals surface area contributed by atoms with Gasteiger partial charge in [-0.3, -0.25) is 9.59 Å². The van der Waals surface area contributed by atoms with Crippen molar-refractivity contribution >= 4 is 17.6 Å². The van der Waals surface area contributed by atoms with Crippen molar-refractivity contribution in [2.75, 3.05) is 11.9 Å². The average molecular weight is 264 g/mol. The molecule has 1 rings (SSSR count). The Bertz CT molecular complexity index is 472. The van der Waals surface area contributed by atoms with Gasteiger partial charge in [0.25, 0.3) is 5.91 Å². The molecule has 0 radical (unpaired) electrons. The smallest absolute Gasteiger partial charge is 0.303 e. The summed E-state index contributed by atoms with van der Waals surface area (Å²) in [5.74, 6) is -1.06. The SMILES string of the molecule is Cc1ccc(C(N)=O)c(NCC(C)CCC(=O)O)c1. The van der Waals surface area contributed by atoms with Gasteiger partial charge in [-0.05, 0) is 37.0 Å². The number of rotatable bonds is 7. The average Bonchev–Trinajstić information content (AvgIpc) is 2.33. The molecule has 104 valence electrons. The fourth-order valence-corrected chi connectivity index (χ4v) is 1.78. The minimum Gasteiger partial charge on any atom is -0.481 e. The zero-order valence-corrected chi connectivity index (χ0v) is 11.3. The molecule has 1 aromatic carbocycles. The maximum absolute atomic E-state index is 11.3. The van der Waals surface area contributed by atoms with E-state index in [4.69, 9.17) is 10.8 Å². The normalized spacial score (nSPS) is 11.9. The first kappa shape index (κ1) is 15.0. The third kappa shape index (κ3) is 4.99. The molecule has 0 aliphatic carbocycles. The van der Waals surface area contributed by atoms with Crippen LogP contribution in [0.4, 0.5) is 5.69 Å². The van der Waals surface area contributed by atoms with Crippen molar-refractivity contribution in [2.45, 2.75) is 26.7 Å². The number of nitrogens with two attached hydrogens (primary N) is 1. The van der Waals surface area contributed by atoms with E-state index in [1.165, 1.54) is 0 Å². The van der Waals surface area contributed by atoms with Gasteiger partial charge < -0.3 is 16.2 Å². The van der Waals surface area contributed by atoms with Crippen molar-refractivity contribution in [1.29, 1.82) is 0 Å². The number of carboxylic acid groups (broad SMARTS) is 1. The number of hydrogen-bond donors (Lipinski definition) is 3. The van der Waals surface area contributed by atoms with E-state index in [0.717, 1.165) is 5.56 Å². The number of anilines is 1. The molecule has 0 saturated carbocycles. The molecule has 1 aromatic rings. The van der Waals surface area contributed by atoms with Gasteiger partial charge in [0.1, 0.15) is 0 Å². The standard InChI is InChI=1S/C14H20N2O3/c1-9-3-5-11(14(15)19)12(7-9)16-8-10(2)4-6-13(17)18/h3,5,7,10,16H,4,6,8H2,1-2H3,(H2,15,19)(H,17,18). The van der Waals surface area contributed by atoms with E-state index in [9.17, 15) is 9.59 Å². The van der Waals surface area contributed by atoms with Gasteiger partial charge in [-0.2, -0.15) is 0 Å². The molecule has 1 amide bonds. The van der Waals surface area contributed by atoms with Crippen molar-refractivity contribution in [2.24, 2.45) is 11.7 Å². The maximum Gasteiger partial charge on any atom is 0.303 e. The number of primary amides is 1. The molecule has 0 saturated heterocycles. The first-order valence-corrected chi connectivity index (χ1v) is 6.26. The van der Waals surface area contributed by atoms with E-state index in [1.807, 2.05) is 26.0 Å². The van der Waals surface area contributed by atoms with Gasteiger partial charge >= 0.3 is 5.97 Å². The summed E-state index contributed by atoms with van der Waals surface area (Å²) in [6.07, 6.45) is 0.749. The summed E-state index contributed by atoms with van der Waals surface area (Å²) in [6.45, 7) is 4.51. The summed E-state index contributed by atoms with van der Waals surface area (Å²) in [4.78, 5) is 21.8. The van der Waals surface area contributed by atoms with Crippen molar-refractivity contribution in [3.05, 3.63) is 29.3 Å². The summed E-state index contributed by atoms with van der Waals surface area (Å²) < 4.78 is 0. The third-order valence-electron chi connectivity index (χ3n) is 2.93. The molecular formula is C14H20N2O3. The molecule has 0 heterocycles. The van der Waals surface area contributed by atoms with Crippen molar-refractivity contribution in [3.8, 4) is 0 Å². The lowest BCUT2D eigenvalue weighted by Crippen LogP contribution is -2.18. The molecule has 5 heteroatoms. The first-order valence-electron chi connectivity index (χ1n) is 6.26. The van der Waals surface area contributed by atoms with E-state index >= 15 is 0 Å². The minimum atomic E-state index is -0.791. The van der Waals surface area contributed by atoms with Crippen LogP contribution in [0.3, 0.4) is 0 Å². The van der Waals surface area contributed by atoms with Crippen LogP contribution in [0.15, 0.2) is 18.2 Å². The molecule has 0 aliphatic rings. The lowest BCUT2D eigenvalue weighted by Gasteiger charge is -2.15. The second-order valence-electron chi connectivity index (χ2n) is 4.83. The van der Waals surface area contributed by atoms with E-state index in [0.29, 0.717) is 24.2 Å². The summed E-state index contributed by atoms with van der Waals surface area (Å²) >= 11 is 0. The zero-order chi connectivity index (χ0) is 14.4. The molecule has 1 unspecified atom stereocenters. The Morgan fingerprint density at radius 2 is 2.11 bits per heavy atom. The fourth-order valence-electron chi connectivity index (χ4n) is 1.78. The number of nitrogens with one attached hydrogen (secondary N) is 1. The fraction of sp³-hybridized carbons (Fsp3) is 0.429. The van der Waals surface area contributed by atoms with Crippen LogP contribution in [0.2, 0.25) is 0 Å². The van der Waals surface area contributed by atoms with Crippen molar-refractivity contribution < 1.29 is 14.7 Å². The highest BCUT2D eigenvalue weighted by atomic mass is 16.4. The van der Waals surface area contributed by atoms with E-state index in [2.05, 4.69) is 5.32 Å². The molecule has 19 heavy (non-hydrogen) atoms. The predicted molar refractivity (Wildman–Crippen MR) is 74.2 cm³/mol. The Morgan fingerprint density at radius 3 is 2.68 bits per heavy atom. The number of aliphatic carboxylic acids is 1. The molecule has 0 fully saturated rings. The lowest BCUT2D eigenvalue weighted by molar-refractivity contribution is -0.137. The lowest BCUT2D eigenvalue weighted by atomic mass is 10.0. The van der Waals surface area contributed by atoms with E-state index in [1.54, 1.807) is 6.07 Å². The van der Waals surface area contributed by atoms with Crippen LogP contribution in [0.25, 0.3) is 0 Å². The predicted octanol–water partition coefficient (Wildman–Crippen LogP) is 2.01. The Kier molecular flexibility index (Phi) is 5.36. The van der Waals surface area contributed by atoms with Crippen molar-refractivity contribution in [3.63, 3.8) is 0 Å². The summed E-state index contributed by atoms with van der Waals surface area (Å²) in [5, 5.41) is 11.8. The molecule has 0 bridgehead atoms. The summed E-state index contributed by atoms with van der Waals surface area (Å²) in [7, 11) is 0. The number of aryl methyl sites for hydroxylation is 1. The maximum atomic E-state index is 11.3. The third-order valence-corrected chi connectivity index (χ3v) is 2.93. The number of carbonyl (C=O) groups excluding carboxylic acids is 1. The second kappa shape index (κ2) is 6.78. The van der Waals surface area contributed by atoms with Crippen LogP contribution >= 0.6 is 0 Å². The molecule has 0 aliphatic heterocycles. The van der Waals surface area contributed by atoms with Crippen molar-refractivity contribution in [1.82, 2.24) is 0 Å². The van der Waals surface area contributed by atoms with Crippen LogP contribution in [-0.4, -0.2) is 23.5 Å². The largest absolute Gasteiger partial charge is 0.481 e. The number of carboxylic acids is 1. The molecule has 5 nitrogen and oxygen atoms in total. The Balaban J connectivity index is 2.63. The molecular weight excluding hydrogens is 244 g/mol. The monoisotopic (exact) mass is 264 g/mol. The number of amides is 1. The van der Waals surface area contributed by atoms with Crippen LogP contribution in [0.5, 0.6) is 0 Å². The molecule has 0 spiro atoms. The zero-order valence-electron chi connectivity index (χ0n) is 11.3. The quantitative estimate of drug-likeness (QED) is 0.702. The Hall–Kier alpha value is -2.04. The minimum absolute atomic E-state index is 0.152. The Morgan fingerprint density at radius 1 is 1.42 bits per heavy atom. The summed E-state index contributed by atoms with van der Waals surface area (Å²) in [5.41, 5.74) is 7.50. The highest BCUT2D eigenvalue weighted by Crippen LogP contribution is 2.18. The number of benzene rings is 1. The Labute approximate surface area is 112 Å². The van der Waals surface area contributed by atoms with Gasteiger partial charge in [0, 0.05) is 18.7 Å². The van der Waals surface area contributed by atoms with Crippen LogP contribution in [0, 0.1) is 12.8 Å². The van der Waals surface area contributed by atoms with Crippen LogP contribution in [0.1, 0.15) is 35.7 Å². The van der Waals surface area contributed by atoms with Crippen LogP contribution in [-0.2, 0) is 4.79 Å². The van der Waals surface area contributed by atoms with Gasteiger partial charge in [-0.25, -0.2) is 0 Å². The topological polar surface area (TPSA) is 92.4 Å². The summed E-state index contributed by atoms with van der Waals surface area (Å²) in [6, 6.07) is 5.39. The highest BCUT2D eigenvalue weighted by molar-refractivity contribution is 5.98. The van der Waals surface area contributed by atoms with Gasteiger partial charge in [-0.1, -0.05) is 13.0 Å². The first-order chi connectivity index (χ1) is 8.90. The van der Waals surface area contributed by atoms with Gasteiger partial charge in [0.05, 0.1) is 5.56 Å². The van der Waals surface area contributed by atoms with Gasteiger partial charge in [-0.15, -0.1) is 0 Å². The molecule has 0 aromatic heterocycles. The van der Waals surface area contributed by atoms with Gasteiger partial charge in [0.15, 0.2) is 0 Å². The van der Waals surface area contributed by atoms with Crippen LogP contribution < -0.4 is 11.1 Å². The second-order valence-corrected chi connectivity index (χ2v) is 4.83. The number of hydrogen-bond acceptors (Lipinski definition) is 3. The highest BCUT2D eigenvalue weighted by Gasteiger charge is 2.10. The van der Waals surface area contributed by atoms with E-state index < -0.39 is 11.9 Å².